The predicted octanol–water partition coefficient (Wildman–Crippen LogP) is -0.882. The lowest BCUT2D eigenvalue weighted by Gasteiger charge is -2.34. The molecule has 4 amide bonds. The number of aromatic nitrogens is 2. The van der Waals surface area contributed by atoms with Crippen molar-refractivity contribution < 1.29 is 19.2 Å². The molecule has 1 fully saturated rings. The second kappa shape index (κ2) is 9.15. The zero-order valence-corrected chi connectivity index (χ0v) is 15.9. The first kappa shape index (κ1) is 20.4. The van der Waals surface area contributed by atoms with Crippen molar-refractivity contribution in [2.75, 3.05) is 26.2 Å². The molecule has 0 atom stereocenters. The average Bonchev–Trinajstić information content (AvgIpc) is 2.94. The summed E-state index contributed by atoms with van der Waals surface area (Å²) in [5.74, 6) is -0.978. The van der Waals surface area contributed by atoms with Crippen LogP contribution in [0.15, 0.2) is 6.07 Å². The Bertz CT molecular complexity index is 721. The Morgan fingerprint density at radius 2 is 1.56 bits per heavy atom. The Labute approximate surface area is 157 Å². The molecule has 0 radical (unpaired) electrons. The van der Waals surface area contributed by atoms with Crippen molar-refractivity contribution in [1.29, 1.82) is 0 Å². The minimum atomic E-state index is -0.438. The first-order valence-electron chi connectivity index (χ1n) is 8.88. The summed E-state index contributed by atoms with van der Waals surface area (Å²) in [6, 6.07) is 1.85. The molecular formula is C17H26N6O4. The summed E-state index contributed by atoms with van der Waals surface area (Å²) in [5.41, 5.74) is 6.29. The maximum atomic E-state index is 12.1. The quantitative estimate of drug-likeness (QED) is 0.645. The highest BCUT2D eigenvalue weighted by atomic mass is 16.2. The monoisotopic (exact) mass is 378 g/mol. The van der Waals surface area contributed by atoms with Gasteiger partial charge in [0.2, 0.25) is 17.7 Å². The molecule has 0 spiro atoms. The summed E-state index contributed by atoms with van der Waals surface area (Å²) >= 11 is 0. The van der Waals surface area contributed by atoms with E-state index in [0.29, 0.717) is 26.2 Å². The fourth-order valence-electron chi connectivity index (χ4n) is 2.86. The van der Waals surface area contributed by atoms with Crippen LogP contribution in [-0.4, -0.2) is 69.4 Å². The Balaban J connectivity index is 1.65. The maximum absolute atomic E-state index is 12.1. The molecule has 1 aromatic heterocycles. The van der Waals surface area contributed by atoms with Crippen LogP contribution in [0.4, 0.5) is 0 Å². The van der Waals surface area contributed by atoms with Crippen LogP contribution in [0.5, 0.6) is 0 Å². The highest BCUT2D eigenvalue weighted by Gasteiger charge is 2.22. The molecule has 148 valence electrons. The fourth-order valence-corrected chi connectivity index (χ4v) is 2.86. The van der Waals surface area contributed by atoms with Crippen molar-refractivity contribution in [3.8, 4) is 0 Å². The van der Waals surface area contributed by atoms with Crippen molar-refractivity contribution in [2.24, 2.45) is 0 Å². The van der Waals surface area contributed by atoms with Crippen LogP contribution in [0.25, 0.3) is 0 Å². The smallest absolute Gasteiger partial charge is 0.260 e. The van der Waals surface area contributed by atoms with Crippen LogP contribution < -0.4 is 10.9 Å². The fraction of sp³-hybridized carbons (Fsp3) is 0.588. The molecule has 1 aliphatic rings. The Kier molecular flexibility index (Phi) is 6.91. The number of carbonyl (C=O) groups is 4. The van der Waals surface area contributed by atoms with Gasteiger partial charge in [0.05, 0.1) is 5.69 Å². The standard InChI is InChI=1S/C17H26N6O4/c1-12-10-13(2)23(20-12)11-16(26)19-18-15(25)4-5-17(27)22-8-6-21(7-9-22)14(3)24/h10H,4-9,11H2,1-3H3,(H,18,25)(H,19,26). The highest BCUT2D eigenvalue weighted by Crippen LogP contribution is 2.05. The summed E-state index contributed by atoms with van der Waals surface area (Å²) in [7, 11) is 0. The average molecular weight is 378 g/mol. The number of rotatable bonds is 5. The van der Waals surface area contributed by atoms with Crippen LogP contribution in [0, 0.1) is 13.8 Å². The normalized spacial score (nSPS) is 14.0. The van der Waals surface area contributed by atoms with Gasteiger partial charge >= 0.3 is 0 Å². The Hall–Kier alpha value is -2.91. The number of nitrogens with zero attached hydrogens (tertiary/aromatic N) is 4. The van der Waals surface area contributed by atoms with E-state index < -0.39 is 11.8 Å². The van der Waals surface area contributed by atoms with Crippen molar-refractivity contribution in [3.05, 3.63) is 17.5 Å². The molecule has 0 aromatic carbocycles. The third kappa shape index (κ3) is 6.08. The van der Waals surface area contributed by atoms with Gasteiger partial charge in [-0.1, -0.05) is 0 Å². The SMILES string of the molecule is CC(=O)N1CCN(C(=O)CCC(=O)NNC(=O)Cn2nc(C)cc2C)CC1. The summed E-state index contributed by atoms with van der Waals surface area (Å²) in [4.78, 5) is 50.4. The number of hydrogen-bond donors (Lipinski definition) is 2. The van der Waals surface area contributed by atoms with Gasteiger partial charge in [-0.2, -0.15) is 5.10 Å². The van der Waals surface area contributed by atoms with E-state index in [-0.39, 0.29) is 31.2 Å². The third-order valence-corrected chi connectivity index (χ3v) is 4.38. The molecule has 0 bridgehead atoms. The van der Waals surface area contributed by atoms with Crippen LogP contribution in [0.3, 0.4) is 0 Å². The molecule has 0 unspecified atom stereocenters. The van der Waals surface area contributed by atoms with Gasteiger partial charge in [-0.05, 0) is 19.9 Å². The van der Waals surface area contributed by atoms with Crippen LogP contribution in [0.1, 0.15) is 31.2 Å². The lowest BCUT2D eigenvalue weighted by Crippen LogP contribution is -2.50. The van der Waals surface area contributed by atoms with E-state index in [4.69, 9.17) is 0 Å². The second-order valence-electron chi connectivity index (χ2n) is 6.57. The topological polar surface area (TPSA) is 117 Å². The van der Waals surface area contributed by atoms with E-state index in [1.54, 1.807) is 14.5 Å². The summed E-state index contributed by atoms with van der Waals surface area (Å²) in [6.07, 6.45) is 0.0329. The van der Waals surface area contributed by atoms with Gasteiger partial charge < -0.3 is 9.80 Å². The van der Waals surface area contributed by atoms with E-state index in [1.165, 1.54) is 6.92 Å². The first-order chi connectivity index (χ1) is 12.8. The van der Waals surface area contributed by atoms with Gasteiger partial charge in [-0.3, -0.25) is 34.7 Å². The van der Waals surface area contributed by atoms with Gasteiger partial charge in [0.1, 0.15) is 6.54 Å². The Morgan fingerprint density at radius 1 is 0.963 bits per heavy atom. The molecule has 2 rings (SSSR count). The highest BCUT2D eigenvalue weighted by molar-refractivity contribution is 5.85. The van der Waals surface area contributed by atoms with Gasteiger partial charge in [0.15, 0.2) is 0 Å². The van der Waals surface area contributed by atoms with E-state index >= 15 is 0 Å². The van der Waals surface area contributed by atoms with Crippen molar-refractivity contribution in [3.63, 3.8) is 0 Å². The van der Waals surface area contributed by atoms with Gasteiger partial charge in [-0.25, -0.2) is 0 Å². The third-order valence-electron chi connectivity index (χ3n) is 4.38. The molecule has 1 aliphatic heterocycles. The molecule has 10 nitrogen and oxygen atoms in total. The molecule has 10 heteroatoms. The number of hydrogen-bond acceptors (Lipinski definition) is 5. The second-order valence-corrected chi connectivity index (χ2v) is 6.57. The summed E-state index contributed by atoms with van der Waals surface area (Å²) in [5, 5.41) is 4.17. The van der Waals surface area contributed by atoms with E-state index in [0.717, 1.165) is 11.4 Å². The largest absolute Gasteiger partial charge is 0.339 e. The molecule has 2 heterocycles. The van der Waals surface area contributed by atoms with Crippen LogP contribution >= 0.6 is 0 Å². The maximum Gasteiger partial charge on any atom is 0.260 e. The molecule has 0 aliphatic carbocycles. The minimum absolute atomic E-state index is 0.000684. The molecular weight excluding hydrogens is 352 g/mol. The van der Waals surface area contributed by atoms with E-state index in [1.807, 2.05) is 19.9 Å². The number of carbonyl (C=O) groups excluding carboxylic acids is 4. The molecule has 27 heavy (non-hydrogen) atoms. The molecule has 1 saturated heterocycles. The van der Waals surface area contributed by atoms with Crippen LogP contribution in [-0.2, 0) is 25.7 Å². The molecule has 2 N–H and O–H groups in total. The number of nitrogens with one attached hydrogen (secondary N) is 2. The lowest BCUT2D eigenvalue weighted by molar-refractivity contribution is -0.139. The number of amides is 4. The minimum Gasteiger partial charge on any atom is -0.339 e. The van der Waals surface area contributed by atoms with Crippen molar-refractivity contribution in [2.45, 2.75) is 40.2 Å². The van der Waals surface area contributed by atoms with E-state index in [9.17, 15) is 19.2 Å². The number of hydrazine groups is 1. The Morgan fingerprint density at radius 3 is 2.11 bits per heavy atom. The summed E-state index contributed by atoms with van der Waals surface area (Å²) in [6.45, 7) is 7.14. The predicted molar refractivity (Wildman–Crippen MR) is 96.1 cm³/mol. The van der Waals surface area contributed by atoms with Crippen molar-refractivity contribution in [1.82, 2.24) is 30.4 Å². The van der Waals surface area contributed by atoms with E-state index in [2.05, 4.69) is 16.0 Å². The van der Waals surface area contributed by atoms with Gasteiger partial charge in [0, 0.05) is 51.6 Å². The van der Waals surface area contributed by atoms with Crippen LogP contribution in [0.2, 0.25) is 0 Å². The first-order valence-corrected chi connectivity index (χ1v) is 8.88. The lowest BCUT2D eigenvalue weighted by atomic mass is 10.2. The zero-order chi connectivity index (χ0) is 20.0. The summed E-state index contributed by atoms with van der Waals surface area (Å²) < 4.78 is 1.54. The number of piperazine rings is 1. The zero-order valence-electron chi connectivity index (χ0n) is 15.9. The van der Waals surface area contributed by atoms with Crippen molar-refractivity contribution >= 4 is 23.6 Å². The molecule has 0 saturated carbocycles. The molecule has 1 aromatic rings. The van der Waals surface area contributed by atoms with Gasteiger partial charge in [-0.15, -0.1) is 0 Å². The number of aryl methyl sites for hydroxylation is 2. The van der Waals surface area contributed by atoms with Gasteiger partial charge in [0.25, 0.3) is 5.91 Å².